The van der Waals surface area contributed by atoms with E-state index in [4.69, 9.17) is 4.74 Å². The first kappa shape index (κ1) is 25.4. The van der Waals surface area contributed by atoms with E-state index in [9.17, 15) is 14.7 Å². The lowest BCUT2D eigenvalue weighted by atomic mass is 9.73. The van der Waals surface area contributed by atoms with E-state index >= 15 is 0 Å². The molecule has 2 N–H and O–H groups in total. The molecular weight excluding hydrogens is 553 g/mol. The molecule has 0 fully saturated rings. The lowest BCUT2D eigenvalue weighted by molar-refractivity contribution is -0.151. The van der Waals surface area contributed by atoms with Crippen molar-refractivity contribution in [2.24, 2.45) is 5.92 Å². The molecule has 1 unspecified atom stereocenters. The number of carbonyl (C=O) groups is 2. The van der Waals surface area contributed by atoms with E-state index in [-0.39, 0.29) is 24.9 Å². The molecule has 0 bridgehead atoms. The predicted molar refractivity (Wildman–Crippen MR) is 145 cm³/mol. The topological polar surface area (TPSA) is 75.6 Å². The summed E-state index contributed by atoms with van der Waals surface area (Å²) in [6.45, 7) is 3.92. The van der Waals surface area contributed by atoms with Crippen LogP contribution in [0.1, 0.15) is 37.0 Å². The third kappa shape index (κ3) is 5.00. The highest BCUT2D eigenvalue weighted by molar-refractivity contribution is 14.1. The number of alkyl halides is 1. The molecule has 4 rings (SSSR count). The summed E-state index contributed by atoms with van der Waals surface area (Å²) >= 11 is 2.14. The summed E-state index contributed by atoms with van der Waals surface area (Å²) in [5.41, 5.74) is 3.43. The molecule has 1 aliphatic rings. The van der Waals surface area contributed by atoms with E-state index in [0.29, 0.717) is 4.43 Å². The number of carbonyl (C=O) groups excluding carboxylic acids is 2. The Morgan fingerprint density at radius 3 is 2.00 bits per heavy atom. The third-order valence-electron chi connectivity index (χ3n) is 6.60. The van der Waals surface area contributed by atoms with Gasteiger partial charge in [-0.05, 0) is 40.2 Å². The van der Waals surface area contributed by atoms with Crippen LogP contribution in [-0.4, -0.2) is 33.6 Å². The monoisotopic (exact) mass is 583 g/mol. The van der Waals surface area contributed by atoms with Crippen LogP contribution < -0.4 is 5.32 Å². The highest BCUT2D eigenvalue weighted by atomic mass is 127. The first-order valence-electron chi connectivity index (χ1n) is 11.8. The molecule has 0 saturated heterocycles. The number of hydrogen-bond donors (Lipinski definition) is 2. The zero-order valence-corrected chi connectivity index (χ0v) is 22.1. The zero-order chi connectivity index (χ0) is 25.0. The molecule has 1 amide bonds. The maximum absolute atomic E-state index is 14.2. The van der Waals surface area contributed by atoms with Crippen molar-refractivity contribution in [2.75, 3.05) is 4.43 Å². The molecule has 2 atom stereocenters. The van der Waals surface area contributed by atoms with E-state index in [2.05, 4.69) is 27.9 Å². The number of nitrogens with one attached hydrogen (secondary N) is 1. The molecule has 0 aliphatic heterocycles. The van der Waals surface area contributed by atoms with Crippen LogP contribution in [0.5, 0.6) is 0 Å². The molecule has 0 aromatic heterocycles. The van der Waals surface area contributed by atoms with Gasteiger partial charge in [0.25, 0.3) is 0 Å². The standard InChI is InChI=1S/C29H30INO4/c1-19(2)26(27(33)35-18-20-10-4-3-5-11-20)31-28(34)29(16-21(32)17-30)24-14-8-6-12-22(24)23-13-7-9-15-25(23)29/h3-15,19,21,26,32H,16-18H2,1-2H3,(H,31,34)/t21?,26-/m0/s1. The van der Waals surface area contributed by atoms with Gasteiger partial charge in [-0.2, -0.15) is 0 Å². The average Bonchev–Trinajstić information content (AvgIpc) is 3.17. The fraction of sp³-hybridized carbons (Fsp3) is 0.310. The minimum Gasteiger partial charge on any atom is -0.459 e. The molecule has 0 spiro atoms. The quantitative estimate of drug-likeness (QED) is 0.211. The third-order valence-corrected chi connectivity index (χ3v) is 7.62. The number of halogens is 1. The van der Waals surface area contributed by atoms with Crippen molar-refractivity contribution in [1.82, 2.24) is 5.32 Å². The zero-order valence-electron chi connectivity index (χ0n) is 19.9. The largest absolute Gasteiger partial charge is 0.459 e. The van der Waals surface area contributed by atoms with Crippen LogP contribution in [0.2, 0.25) is 0 Å². The van der Waals surface area contributed by atoms with Crippen molar-refractivity contribution in [1.29, 1.82) is 0 Å². The normalized spacial score (nSPS) is 15.1. The number of hydrogen-bond acceptors (Lipinski definition) is 4. The van der Waals surface area contributed by atoms with Gasteiger partial charge in [0.15, 0.2) is 0 Å². The summed E-state index contributed by atoms with van der Waals surface area (Å²) in [5.74, 6) is -0.948. The van der Waals surface area contributed by atoms with E-state index in [0.717, 1.165) is 27.8 Å². The van der Waals surface area contributed by atoms with Gasteiger partial charge in [0, 0.05) is 4.43 Å². The SMILES string of the molecule is CC(C)[C@H](NC(=O)C1(CC(O)CI)c2ccccc2-c2ccccc21)C(=O)OCc1ccccc1. The van der Waals surface area contributed by atoms with Crippen LogP contribution in [0, 0.1) is 5.92 Å². The van der Waals surface area contributed by atoms with Gasteiger partial charge in [0.05, 0.1) is 6.10 Å². The molecule has 5 nitrogen and oxygen atoms in total. The maximum atomic E-state index is 14.2. The molecule has 6 heteroatoms. The van der Waals surface area contributed by atoms with Crippen LogP contribution in [0.15, 0.2) is 78.9 Å². The Labute approximate surface area is 220 Å². The second kappa shape index (κ2) is 10.9. The van der Waals surface area contributed by atoms with Gasteiger partial charge in [0.2, 0.25) is 5.91 Å². The molecule has 0 radical (unpaired) electrons. The van der Waals surface area contributed by atoms with Crippen LogP contribution >= 0.6 is 22.6 Å². The van der Waals surface area contributed by atoms with Crippen molar-refractivity contribution in [3.8, 4) is 11.1 Å². The molecule has 3 aromatic rings. The van der Waals surface area contributed by atoms with Gasteiger partial charge in [-0.3, -0.25) is 4.79 Å². The Morgan fingerprint density at radius 2 is 1.46 bits per heavy atom. The number of aliphatic hydroxyl groups excluding tert-OH is 1. The van der Waals surface area contributed by atoms with Crippen LogP contribution in [0.4, 0.5) is 0 Å². The average molecular weight is 583 g/mol. The molecule has 0 heterocycles. The van der Waals surface area contributed by atoms with E-state index < -0.39 is 23.5 Å². The van der Waals surface area contributed by atoms with Gasteiger partial charge in [-0.1, -0.05) is 115 Å². The van der Waals surface area contributed by atoms with Crippen LogP contribution in [0.25, 0.3) is 11.1 Å². The molecular formula is C29H30INO4. The Hall–Kier alpha value is -2.71. The highest BCUT2D eigenvalue weighted by Gasteiger charge is 2.50. The molecule has 3 aromatic carbocycles. The van der Waals surface area contributed by atoms with Crippen molar-refractivity contribution in [3.63, 3.8) is 0 Å². The number of benzene rings is 3. The summed E-state index contributed by atoms with van der Waals surface area (Å²) in [5, 5.41) is 13.8. The number of esters is 1. The fourth-order valence-corrected chi connectivity index (χ4v) is 5.18. The summed E-state index contributed by atoms with van der Waals surface area (Å²) in [4.78, 5) is 27.3. The van der Waals surface area contributed by atoms with Gasteiger partial charge in [0.1, 0.15) is 18.1 Å². The lowest BCUT2D eigenvalue weighted by Crippen LogP contribution is -2.53. The van der Waals surface area contributed by atoms with Gasteiger partial charge in [-0.25, -0.2) is 4.79 Å². The van der Waals surface area contributed by atoms with E-state index in [1.165, 1.54) is 0 Å². The summed E-state index contributed by atoms with van der Waals surface area (Å²) in [7, 11) is 0. The Bertz CT molecular complexity index is 1150. The first-order valence-corrected chi connectivity index (χ1v) is 13.4. The van der Waals surface area contributed by atoms with Crippen molar-refractivity contribution in [2.45, 2.75) is 44.4 Å². The van der Waals surface area contributed by atoms with E-state index in [1.807, 2.05) is 92.7 Å². The minimum absolute atomic E-state index is 0.142. The minimum atomic E-state index is -1.11. The number of aliphatic hydroxyl groups is 1. The summed E-state index contributed by atoms with van der Waals surface area (Å²) in [6, 6.07) is 24.3. The Morgan fingerprint density at radius 1 is 0.914 bits per heavy atom. The Balaban J connectivity index is 1.68. The molecule has 0 saturated carbocycles. The maximum Gasteiger partial charge on any atom is 0.329 e. The van der Waals surface area contributed by atoms with E-state index in [1.54, 1.807) is 0 Å². The fourth-order valence-electron chi connectivity index (χ4n) is 4.87. The molecule has 182 valence electrons. The van der Waals surface area contributed by atoms with Crippen LogP contribution in [0.3, 0.4) is 0 Å². The predicted octanol–water partition coefficient (Wildman–Crippen LogP) is 5.02. The first-order chi connectivity index (χ1) is 16.9. The summed E-state index contributed by atoms with van der Waals surface area (Å²) < 4.78 is 6.07. The molecule has 35 heavy (non-hydrogen) atoms. The lowest BCUT2D eigenvalue weighted by Gasteiger charge is -2.34. The number of fused-ring (bicyclic) bond motifs is 3. The van der Waals surface area contributed by atoms with Crippen molar-refractivity contribution >= 4 is 34.5 Å². The number of ether oxygens (including phenoxy) is 1. The van der Waals surface area contributed by atoms with Crippen LogP contribution in [-0.2, 0) is 26.3 Å². The number of amides is 1. The van der Waals surface area contributed by atoms with Gasteiger partial charge in [-0.15, -0.1) is 0 Å². The Kier molecular flexibility index (Phi) is 7.91. The highest BCUT2D eigenvalue weighted by Crippen LogP contribution is 2.51. The van der Waals surface area contributed by atoms with Crippen molar-refractivity contribution < 1.29 is 19.4 Å². The molecule has 1 aliphatic carbocycles. The second-order valence-corrected chi connectivity index (χ2v) is 10.2. The second-order valence-electron chi connectivity index (χ2n) is 9.30. The summed E-state index contributed by atoms with van der Waals surface area (Å²) in [6.07, 6.45) is -0.470. The smallest absolute Gasteiger partial charge is 0.329 e. The number of rotatable bonds is 9. The van der Waals surface area contributed by atoms with Gasteiger partial charge >= 0.3 is 5.97 Å². The van der Waals surface area contributed by atoms with Gasteiger partial charge < -0.3 is 15.2 Å². The van der Waals surface area contributed by atoms with Crippen molar-refractivity contribution in [3.05, 3.63) is 95.6 Å².